The molecule has 0 aromatic rings. The Hall–Kier alpha value is 3.32. The number of hydrogen-bond donors (Lipinski definition) is 0. The standard InChI is InChI=1S/Mo.Nb.Rh.Ru.Tc. The third-order valence-electron chi connectivity index (χ3n) is 0. The van der Waals surface area contributed by atoms with Crippen LogP contribution in [0.2, 0.25) is 0 Å². The van der Waals surface area contributed by atoms with Gasteiger partial charge < -0.3 is 0 Å². The average molecular weight is 491 g/mol. The molecule has 0 spiro atoms. The van der Waals surface area contributed by atoms with Crippen molar-refractivity contribution in [2.24, 2.45) is 0 Å². The molecule has 0 aromatic carbocycles. The van der Waals surface area contributed by atoms with E-state index in [4.69, 9.17) is 0 Å². The molecule has 0 aliphatic heterocycles. The quantitative estimate of drug-likeness (QED) is 0.419. The van der Waals surface area contributed by atoms with Gasteiger partial charge in [-0.05, 0) is 0 Å². The summed E-state index contributed by atoms with van der Waals surface area (Å²) in [4.78, 5) is 0. The van der Waals surface area contributed by atoms with Crippen molar-refractivity contribution in [3.05, 3.63) is 0 Å². The topological polar surface area (TPSA) is 0 Å². The molecule has 0 heterocycles. The van der Waals surface area contributed by atoms with Gasteiger partial charge in [0, 0.05) is 103 Å². The smallest absolute Gasteiger partial charge is 0 e. The third kappa shape index (κ3) is 18.8. The van der Waals surface area contributed by atoms with Crippen molar-refractivity contribution in [2.45, 2.75) is 0 Å². The minimum atomic E-state index is 0. The van der Waals surface area contributed by atoms with Gasteiger partial charge in [-0.1, -0.05) is 0 Å². The molecule has 0 aliphatic carbocycles. The van der Waals surface area contributed by atoms with Crippen LogP contribution in [0.25, 0.3) is 0 Å². The van der Waals surface area contributed by atoms with Crippen LogP contribution in [0.5, 0.6) is 0 Å². The Balaban J connectivity index is 0. The Kier molecular flexibility index (Phi) is 214. The van der Waals surface area contributed by atoms with Crippen LogP contribution in [0, 0.1) is 0 Å². The van der Waals surface area contributed by atoms with E-state index in [1.165, 1.54) is 0 Å². The number of hydrogen-bond acceptors (Lipinski definition) is 0. The molecule has 0 fully saturated rings. The molecule has 0 amide bonds. The van der Waals surface area contributed by atoms with E-state index in [-0.39, 0.29) is 103 Å². The Morgan fingerprint density at radius 2 is 1.00 bits per heavy atom. The zero-order valence-corrected chi connectivity index (χ0v) is 11.4. The average Bonchev–Trinajstić information content (AvgIpc) is 0. The normalized spacial score (nSPS) is 0. The van der Waals surface area contributed by atoms with Crippen molar-refractivity contribution in [3.63, 3.8) is 0 Å². The molecule has 0 rings (SSSR count). The Morgan fingerprint density at radius 3 is 1.00 bits per heavy atom. The molecule has 5 heavy (non-hydrogen) atoms. The summed E-state index contributed by atoms with van der Waals surface area (Å²) in [7, 11) is 0. The van der Waals surface area contributed by atoms with Crippen molar-refractivity contribution in [1.29, 1.82) is 0 Å². The van der Waals surface area contributed by atoms with Gasteiger partial charge in [-0.25, -0.2) is 0 Å². The fraction of sp³-hybridized carbons (Fsp3) is 0. The fourth-order valence-electron chi connectivity index (χ4n) is 0. The summed E-state index contributed by atoms with van der Waals surface area (Å²) in [5.41, 5.74) is 0. The van der Waals surface area contributed by atoms with Gasteiger partial charge in [0.05, 0.1) is 0 Å². The van der Waals surface area contributed by atoms with Gasteiger partial charge >= 0.3 is 0 Å². The molecule has 3 radical (unpaired) electrons. The molecule has 0 aromatic heterocycles. The van der Waals surface area contributed by atoms with Gasteiger partial charge in [0.25, 0.3) is 0 Å². The first-order chi connectivity index (χ1) is 0. The molecule has 35 valence electrons. The van der Waals surface area contributed by atoms with E-state index in [9.17, 15) is 0 Å². The van der Waals surface area contributed by atoms with E-state index in [0.717, 1.165) is 0 Å². The summed E-state index contributed by atoms with van der Waals surface area (Å²) in [6.45, 7) is 0. The maximum Gasteiger partial charge on any atom is 0 e. The van der Waals surface area contributed by atoms with Crippen LogP contribution in [-0.2, 0) is 103 Å². The maximum atomic E-state index is 0. The Labute approximate surface area is 101 Å². The van der Waals surface area contributed by atoms with Crippen LogP contribution in [0.4, 0.5) is 0 Å². The maximum absolute atomic E-state index is 0. The summed E-state index contributed by atoms with van der Waals surface area (Å²) in [6, 6.07) is 0. The SMILES string of the molecule is [Mo].[Nb].[Rh].[Ru].[Tc]. The molecule has 0 nitrogen and oxygen atoms in total. The molecule has 0 bridgehead atoms. The molecule has 0 unspecified atom stereocenters. The van der Waals surface area contributed by atoms with Crippen LogP contribution < -0.4 is 0 Å². The van der Waals surface area contributed by atoms with Crippen LogP contribution in [0.15, 0.2) is 0 Å². The van der Waals surface area contributed by atoms with E-state index in [0.29, 0.717) is 0 Å². The van der Waals surface area contributed by atoms with Gasteiger partial charge in [-0.3, -0.25) is 0 Å². The largest absolute Gasteiger partial charge is 0 e. The Bertz CT molecular complexity index is 11.6. The van der Waals surface area contributed by atoms with Crippen LogP contribution in [0.1, 0.15) is 0 Å². The zero-order valence-electron chi connectivity index (χ0n) is 1.92. The van der Waals surface area contributed by atoms with E-state index < -0.39 is 0 Å². The van der Waals surface area contributed by atoms with Gasteiger partial charge in [-0.15, -0.1) is 0 Å². The third-order valence-corrected chi connectivity index (χ3v) is 0. The molecule has 0 saturated carbocycles. The van der Waals surface area contributed by atoms with Crippen LogP contribution in [0.3, 0.4) is 0 Å². The van der Waals surface area contributed by atoms with Gasteiger partial charge in [0.15, 0.2) is 0 Å². The van der Waals surface area contributed by atoms with Crippen molar-refractivity contribution in [3.8, 4) is 0 Å². The van der Waals surface area contributed by atoms with Gasteiger partial charge in [0.1, 0.15) is 0 Å². The molecular weight excluding hydrogens is 491 g/mol. The predicted octanol–water partition coefficient (Wildman–Crippen LogP) is -0.0125. The molecule has 0 aliphatic rings. The van der Waals surface area contributed by atoms with Crippen molar-refractivity contribution in [2.75, 3.05) is 0 Å². The zero-order chi connectivity index (χ0) is 0. The summed E-state index contributed by atoms with van der Waals surface area (Å²) < 4.78 is 0. The molecule has 0 atom stereocenters. The first-order valence-corrected chi connectivity index (χ1v) is 0. The second-order valence-electron chi connectivity index (χ2n) is 0. The number of rotatable bonds is 0. The van der Waals surface area contributed by atoms with Crippen molar-refractivity contribution in [1.82, 2.24) is 0 Å². The first kappa shape index (κ1) is 40.4. The summed E-state index contributed by atoms with van der Waals surface area (Å²) in [5.74, 6) is 0. The van der Waals surface area contributed by atoms with Crippen LogP contribution >= 0.6 is 0 Å². The van der Waals surface area contributed by atoms with Crippen LogP contribution in [-0.4, -0.2) is 0 Å². The summed E-state index contributed by atoms with van der Waals surface area (Å²) >= 11 is 0. The summed E-state index contributed by atoms with van der Waals surface area (Å²) in [5, 5.41) is 0. The monoisotopic (exact) mass is 493 g/mol. The van der Waals surface area contributed by atoms with E-state index in [2.05, 4.69) is 0 Å². The second-order valence-corrected chi connectivity index (χ2v) is 0. The van der Waals surface area contributed by atoms with Crippen molar-refractivity contribution >= 4 is 0 Å². The summed E-state index contributed by atoms with van der Waals surface area (Å²) in [6.07, 6.45) is 0. The molecular formula is MoNbRhRuTc. The molecule has 5 heteroatoms. The minimum absolute atomic E-state index is 0. The van der Waals surface area contributed by atoms with E-state index in [1.807, 2.05) is 0 Å². The first-order valence-electron chi connectivity index (χ1n) is 0. The Morgan fingerprint density at radius 1 is 1.00 bits per heavy atom. The van der Waals surface area contributed by atoms with Gasteiger partial charge in [0.2, 0.25) is 0 Å². The minimum Gasteiger partial charge on any atom is 0 e. The van der Waals surface area contributed by atoms with E-state index >= 15 is 0 Å². The fourth-order valence-corrected chi connectivity index (χ4v) is 0. The van der Waals surface area contributed by atoms with Gasteiger partial charge in [-0.2, -0.15) is 0 Å². The molecule has 0 N–H and O–H groups in total. The van der Waals surface area contributed by atoms with Crippen molar-refractivity contribution < 1.29 is 103 Å². The second kappa shape index (κ2) is 26.5. The predicted molar refractivity (Wildman–Crippen MR) is 0 cm³/mol. The molecule has 0 saturated heterocycles. The van der Waals surface area contributed by atoms with E-state index in [1.54, 1.807) is 0 Å².